The van der Waals surface area contributed by atoms with Gasteiger partial charge in [-0.3, -0.25) is 14.0 Å². The zero-order valence-electron chi connectivity index (χ0n) is 14.6. The van der Waals surface area contributed by atoms with E-state index < -0.39 is 5.91 Å². The van der Waals surface area contributed by atoms with Crippen molar-refractivity contribution in [3.63, 3.8) is 0 Å². The minimum atomic E-state index is -0.396. The highest BCUT2D eigenvalue weighted by molar-refractivity contribution is 7.17. The van der Waals surface area contributed by atoms with Gasteiger partial charge in [-0.25, -0.2) is 9.07 Å². The lowest BCUT2D eigenvalue weighted by Gasteiger charge is -2.10. The molecule has 0 radical (unpaired) electrons. The fourth-order valence-corrected chi connectivity index (χ4v) is 3.89. The summed E-state index contributed by atoms with van der Waals surface area (Å²) in [6.45, 7) is 1.80. The van der Waals surface area contributed by atoms with Crippen LogP contribution in [0.1, 0.15) is 18.3 Å². The zero-order chi connectivity index (χ0) is 19.0. The van der Waals surface area contributed by atoms with Gasteiger partial charge in [-0.05, 0) is 23.6 Å². The van der Waals surface area contributed by atoms with E-state index in [9.17, 15) is 14.0 Å². The quantitative estimate of drug-likeness (QED) is 0.575. The van der Waals surface area contributed by atoms with Gasteiger partial charge in [-0.2, -0.15) is 5.10 Å². The highest BCUT2D eigenvalue weighted by Crippen LogP contribution is 2.24. The van der Waals surface area contributed by atoms with E-state index >= 15 is 0 Å². The average molecular weight is 384 g/mol. The number of nitrogens with one attached hydrogen (secondary N) is 1. The molecule has 0 spiro atoms. The molecule has 0 aliphatic heterocycles. The number of thiophene rings is 1. The molecule has 0 saturated heterocycles. The number of fused-ring (bicyclic) bond motifs is 3. The Balaban J connectivity index is 1.62. The molecule has 138 valence electrons. The molecule has 1 aromatic carbocycles. The van der Waals surface area contributed by atoms with Crippen molar-refractivity contribution in [1.29, 1.82) is 0 Å². The summed E-state index contributed by atoms with van der Waals surface area (Å²) in [6.07, 6.45) is 0.618. The van der Waals surface area contributed by atoms with Crippen molar-refractivity contribution in [2.45, 2.75) is 26.4 Å². The first-order valence-corrected chi connectivity index (χ1v) is 9.45. The summed E-state index contributed by atoms with van der Waals surface area (Å²) in [6, 6.07) is 10.0. The third-order valence-electron chi connectivity index (χ3n) is 4.41. The van der Waals surface area contributed by atoms with Crippen molar-refractivity contribution in [2.24, 2.45) is 0 Å². The molecular weight excluding hydrogens is 367 g/mol. The molecule has 6 nitrogen and oxygen atoms in total. The van der Waals surface area contributed by atoms with Crippen molar-refractivity contribution >= 4 is 33.0 Å². The van der Waals surface area contributed by atoms with Crippen LogP contribution in [0.4, 0.5) is 4.39 Å². The number of nitrogens with zero attached hydrogens (tertiary/aromatic N) is 3. The van der Waals surface area contributed by atoms with Gasteiger partial charge in [0, 0.05) is 18.5 Å². The Kier molecular flexibility index (Phi) is 4.49. The third kappa shape index (κ3) is 3.12. The van der Waals surface area contributed by atoms with Gasteiger partial charge in [0.2, 0.25) is 5.91 Å². The molecule has 0 bridgehead atoms. The Bertz CT molecular complexity index is 1210. The van der Waals surface area contributed by atoms with Crippen LogP contribution >= 0.6 is 11.3 Å². The molecule has 1 amide bonds. The largest absolute Gasteiger partial charge is 0.350 e. The van der Waals surface area contributed by atoms with Crippen molar-refractivity contribution in [3.8, 4) is 0 Å². The Hall–Kier alpha value is -3.00. The molecule has 1 N–H and O–H groups in total. The van der Waals surface area contributed by atoms with Crippen LogP contribution in [-0.4, -0.2) is 20.1 Å². The standard InChI is InChI=1S/C19H17FN4O2S/c1-2-17-22-23(11-18(25)21-10-12-5-3-4-6-13(12)20)19(26)15-9-16-14(24(15)17)7-8-27-16/h3-9H,2,10-11H2,1H3,(H,21,25). The Morgan fingerprint density at radius 1 is 1.26 bits per heavy atom. The van der Waals surface area contributed by atoms with Crippen molar-refractivity contribution < 1.29 is 9.18 Å². The van der Waals surface area contributed by atoms with Gasteiger partial charge in [0.05, 0.1) is 10.2 Å². The summed E-state index contributed by atoms with van der Waals surface area (Å²) in [5.41, 5.74) is 1.53. The van der Waals surface area contributed by atoms with Crippen molar-refractivity contribution in [3.05, 3.63) is 69.3 Å². The van der Waals surface area contributed by atoms with Gasteiger partial charge < -0.3 is 5.32 Å². The number of hydrogen-bond donors (Lipinski definition) is 1. The summed E-state index contributed by atoms with van der Waals surface area (Å²) in [5.74, 6) is -0.0661. The lowest BCUT2D eigenvalue weighted by molar-refractivity contribution is -0.122. The molecular formula is C19H17FN4O2S. The zero-order valence-corrected chi connectivity index (χ0v) is 15.4. The molecule has 27 heavy (non-hydrogen) atoms. The predicted octanol–water partition coefficient (Wildman–Crippen LogP) is 2.73. The second-order valence-corrected chi connectivity index (χ2v) is 7.08. The maximum Gasteiger partial charge on any atom is 0.291 e. The predicted molar refractivity (Wildman–Crippen MR) is 102 cm³/mol. The maximum atomic E-state index is 13.7. The summed E-state index contributed by atoms with van der Waals surface area (Å²) in [7, 11) is 0. The molecule has 3 aromatic heterocycles. The molecule has 0 aliphatic rings. The fraction of sp³-hybridized carbons (Fsp3) is 0.211. The van der Waals surface area contributed by atoms with Gasteiger partial charge in [0.15, 0.2) is 0 Å². The minimum absolute atomic E-state index is 0.0595. The van der Waals surface area contributed by atoms with E-state index in [0.29, 0.717) is 23.3 Å². The number of benzene rings is 1. The second-order valence-electron chi connectivity index (χ2n) is 6.14. The van der Waals surface area contributed by atoms with Crippen LogP contribution in [-0.2, 0) is 24.3 Å². The Labute approximate surface area is 157 Å². The van der Waals surface area contributed by atoms with Gasteiger partial charge in [-0.15, -0.1) is 11.3 Å². The first-order chi connectivity index (χ1) is 13.1. The average Bonchev–Trinajstić information content (AvgIpc) is 3.25. The topological polar surface area (TPSA) is 68.4 Å². The second kappa shape index (κ2) is 6.96. The lowest BCUT2D eigenvalue weighted by atomic mass is 10.2. The first kappa shape index (κ1) is 17.4. The Morgan fingerprint density at radius 3 is 2.85 bits per heavy atom. The smallest absolute Gasteiger partial charge is 0.291 e. The van der Waals surface area contributed by atoms with Crippen LogP contribution in [0.25, 0.3) is 15.7 Å². The maximum absolute atomic E-state index is 13.7. The van der Waals surface area contributed by atoms with Crippen LogP contribution in [0.2, 0.25) is 0 Å². The van der Waals surface area contributed by atoms with E-state index in [2.05, 4.69) is 10.4 Å². The van der Waals surface area contributed by atoms with E-state index in [4.69, 9.17) is 0 Å². The highest BCUT2D eigenvalue weighted by Gasteiger charge is 2.16. The number of rotatable bonds is 5. The van der Waals surface area contributed by atoms with Crippen LogP contribution < -0.4 is 10.9 Å². The molecule has 4 rings (SSSR count). The van der Waals surface area contributed by atoms with E-state index in [1.165, 1.54) is 10.7 Å². The summed E-state index contributed by atoms with van der Waals surface area (Å²) < 4.78 is 17.7. The Morgan fingerprint density at radius 2 is 2.07 bits per heavy atom. The van der Waals surface area contributed by atoms with Crippen LogP contribution in [0.15, 0.2) is 46.6 Å². The minimum Gasteiger partial charge on any atom is -0.350 e. The molecule has 0 atom stereocenters. The lowest BCUT2D eigenvalue weighted by Crippen LogP contribution is -2.35. The molecule has 0 saturated carbocycles. The molecule has 8 heteroatoms. The number of carbonyl (C=O) groups excluding carboxylic acids is 1. The molecule has 3 heterocycles. The van der Waals surface area contributed by atoms with E-state index in [1.54, 1.807) is 29.5 Å². The van der Waals surface area contributed by atoms with Crippen LogP contribution in [0.3, 0.4) is 0 Å². The van der Waals surface area contributed by atoms with Crippen LogP contribution in [0.5, 0.6) is 0 Å². The fourth-order valence-electron chi connectivity index (χ4n) is 3.09. The molecule has 4 aromatic rings. The monoisotopic (exact) mass is 384 g/mol. The van der Waals surface area contributed by atoms with Gasteiger partial charge >= 0.3 is 0 Å². The summed E-state index contributed by atoms with van der Waals surface area (Å²) >= 11 is 1.56. The number of aromatic nitrogens is 3. The van der Waals surface area contributed by atoms with E-state index in [-0.39, 0.29) is 24.5 Å². The van der Waals surface area contributed by atoms with Crippen molar-refractivity contribution in [1.82, 2.24) is 19.5 Å². The van der Waals surface area contributed by atoms with Gasteiger partial charge in [-0.1, -0.05) is 25.1 Å². The summed E-state index contributed by atoms with van der Waals surface area (Å²) in [4.78, 5) is 25.0. The first-order valence-electron chi connectivity index (χ1n) is 8.57. The normalized spacial score (nSPS) is 11.3. The number of hydrogen-bond acceptors (Lipinski definition) is 4. The number of halogens is 1. The SMILES string of the molecule is CCc1nn(CC(=O)NCc2ccccc2F)c(=O)c2cc3sccc3n12. The van der Waals surface area contributed by atoms with E-state index in [0.717, 1.165) is 10.2 Å². The molecule has 0 aliphatic carbocycles. The van der Waals surface area contributed by atoms with Crippen molar-refractivity contribution in [2.75, 3.05) is 0 Å². The van der Waals surface area contributed by atoms with Gasteiger partial charge in [0.1, 0.15) is 23.7 Å². The summed E-state index contributed by atoms with van der Waals surface area (Å²) in [5, 5.41) is 8.98. The number of aryl methyl sites for hydroxylation is 1. The number of amides is 1. The van der Waals surface area contributed by atoms with E-state index in [1.807, 2.05) is 28.8 Å². The third-order valence-corrected chi connectivity index (χ3v) is 5.27. The molecule has 0 unspecified atom stereocenters. The van der Waals surface area contributed by atoms with Gasteiger partial charge in [0.25, 0.3) is 5.56 Å². The number of carbonyl (C=O) groups is 1. The molecule has 0 fully saturated rings. The highest BCUT2D eigenvalue weighted by atomic mass is 32.1. The van der Waals surface area contributed by atoms with Crippen LogP contribution in [0, 0.1) is 5.82 Å².